The monoisotopic (exact) mass is 528 g/mol. The third kappa shape index (κ3) is 4.01. The number of rotatable bonds is 5. The topological polar surface area (TPSA) is 177 Å². The molecule has 1 heterocycles. The van der Waals surface area contributed by atoms with Crippen molar-refractivity contribution in [1.29, 1.82) is 0 Å². The maximum Gasteiger partial charge on any atom is 0.308 e. The fraction of sp³-hybridized carbons (Fsp3) is 0.963. The SMILES string of the molecule is C[C@@]1(CC(=O)OC2O[C@H](CO)[C@@H](O)[C@H](O)[C@H]2O)CCC[C@]2(C)C1CCC13CC(O)(CC[C@H]12)[C@@](O)(CO)C3. The van der Waals surface area contributed by atoms with Crippen LogP contribution in [0.2, 0.25) is 0 Å². The van der Waals surface area contributed by atoms with Crippen LogP contribution in [0.25, 0.3) is 0 Å². The average molecular weight is 529 g/mol. The Kier molecular flexibility index (Phi) is 6.81. The van der Waals surface area contributed by atoms with E-state index in [1.807, 2.05) is 0 Å². The zero-order valence-electron chi connectivity index (χ0n) is 21.9. The molecule has 2 bridgehead atoms. The number of carbonyl (C=O) groups excluding carboxylic acids is 1. The number of hydrogen-bond acceptors (Lipinski definition) is 10. The van der Waals surface area contributed by atoms with E-state index in [4.69, 9.17) is 9.47 Å². The molecular formula is C27H44O10. The fourth-order valence-electron chi connectivity index (χ4n) is 9.82. The lowest BCUT2D eigenvalue weighted by Crippen LogP contribution is -2.60. The van der Waals surface area contributed by atoms with Gasteiger partial charge in [-0.25, -0.2) is 0 Å². The Morgan fingerprint density at radius 1 is 0.919 bits per heavy atom. The zero-order chi connectivity index (χ0) is 27.0. The van der Waals surface area contributed by atoms with Crippen LogP contribution in [0.4, 0.5) is 0 Å². The Labute approximate surface area is 217 Å². The summed E-state index contributed by atoms with van der Waals surface area (Å²) in [5.41, 5.74) is -3.44. The molecule has 1 spiro atoms. The molecule has 5 fully saturated rings. The van der Waals surface area contributed by atoms with Gasteiger partial charge in [-0.1, -0.05) is 20.3 Å². The summed E-state index contributed by atoms with van der Waals surface area (Å²) >= 11 is 0. The smallest absolute Gasteiger partial charge is 0.308 e. The number of fused-ring (bicyclic) bond motifs is 3. The summed E-state index contributed by atoms with van der Waals surface area (Å²) < 4.78 is 10.8. The van der Waals surface area contributed by atoms with Gasteiger partial charge in [0.15, 0.2) is 0 Å². The molecule has 0 aromatic heterocycles. The number of carbonyl (C=O) groups is 1. The Bertz CT molecular complexity index is 896. The van der Waals surface area contributed by atoms with Crippen molar-refractivity contribution in [2.75, 3.05) is 13.2 Å². The molecule has 0 amide bonds. The Morgan fingerprint density at radius 3 is 2.30 bits per heavy atom. The minimum atomic E-state index is -1.63. The predicted octanol–water partition coefficient (Wildman–Crippen LogP) is -0.0292. The second-order valence-electron chi connectivity index (χ2n) is 13.5. The Morgan fingerprint density at radius 2 is 1.62 bits per heavy atom. The van der Waals surface area contributed by atoms with Crippen molar-refractivity contribution in [3.63, 3.8) is 0 Å². The van der Waals surface area contributed by atoms with Gasteiger partial charge in [-0.2, -0.15) is 0 Å². The quantitative estimate of drug-likeness (QED) is 0.240. The Balaban J connectivity index is 1.33. The molecule has 4 aliphatic carbocycles. The predicted molar refractivity (Wildman–Crippen MR) is 129 cm³/mol. The van der Waals surface area contributed by atoms with Crippen LogP contribution in [0, 0.1) is 28.1 Å². The first-order valence-corrected chi connectivity index (χ1v) is 13.8. The van der Waals surface area contributed by atoms with Crippen molar-refractivity contribution in [3.8, 4) is 0 Å². The lowest BCUT2D eigenvalue weighted by molar-refractivity contribution is -0.293. The molecular weight excluding hydrogens is 484 g/mol. The summed E-state index contributed by atoms with van der Waals surface area (Å²) in [7, 11) is 0. The van der Waals surface area contributed by atoms with E-state index in [-0.39, 0.29) is 34.5 Å². The van der Waals surface area contributed by atoms with E-state index in [0.717, 1.165) is 38.5 Å². The highest BCUT2D eigenvalue weighted by Crippen LogP contribution is 2.74. The minimum Gasteiger partial charge on any atom is -0.433 e. The maximum absolute atomic E-state index is 13.2. The van der Waals surface area contributed by atoms with Gasteiger partial charge >= 0.3 is 5.97 Å². The second-order valence-corrected chi connectivity index (χ2v) is 13.5. The fourth-order valence-corrected chi connectivity index (χ4v) is 9.82. The second kappa shape index (κ2) is 9.09. The van der Waals surface area contributed by atoms with Crippen LogP contribution in [0.15, 0.2) is 0 Å². The van der Waals surface area contributed by atoms with Crippen molar-refractivity contribution in [1.82, 2.24) is 0 Å². The molecule has 10 nitrogen and oxygen atoms in total. The van der Waals surface area contributed by atoms with E-state index >= 15 is 0 Å². The van der Waals surface area contributed by atoms with Crippen molar-refractivity contribution < 1.29 is 50.0 Å². The molecule has 0 aromatic carbocycles. The molecule has 0 radical (unpaired) electrons. The molecule has 1 saturated heterocycles. The molecule has 5 aliphatic rings. The molecule has 5 rings (SSSR count). The van der Waals surface area contributed by atoms with Crippen LogP contribution >= 0.6 is 0 Å². The summed E-state index contributed by atoms with van der Waals surface area (Å²) in [5, 5.41) is 72.2. The van der Waals surface area contributed by atoms with Crippen LogP contribution in [0.3, 0.4) is 0 Å². The molecule has 0 aromatic rings. The van der Waals surface area contributed by atoms with E-state index in [1.54, 1.807) is 0 Å². The molecule has 12 atom stereocenters. The lowest BCUT2D eigenvalue weighted by atomic mass is 9.40. The first-order valence-electron chi connectivity index (χ1n) is 13.8. The van der Waals surface area contributed by atoms with Gasteiger partial charge in [0.05, 0.1) is 25.2 Å². The van der Waals surface area contributed by atoms with E-state index in [0.29, 0.717) is 19.3 Å². The summed E-state index contributed by atoms with van der Waals surface area (Å²) in [6.45, 7) is 3.37. The molecule has 212 valence electrons. The van der Waals surface area contributed by atoms with Gasteiger partial charge in [-0.3, -0.25) is 4.79 Å². The van der Waals surface area contributed by atoms with Gasteiger partial charge in [0, 0.05) is 0 Å². The molecule has 10 heteroatoms. The van der Waals surface area contributed by atoms with Crippen molar-refractivity contribution in [2.45, 2.75) is 120 Å². The highest BCUT2D eigenvalue weighted by molar-refractivity contribution is 5.70. The number of esters is 1. The molecule has 4 unspecified atom stereocenters. The van der Waals surface area contributed by atoms with Gasteiger partial charge in [0.25, 0.3) is 0 Å². The van der Waals surface area contributed by atoms with Crippen LogP contribution in [-0.2, 0) is 14.3 Å². The molecule has 1 aliphatic heterocycles. The first kappa shape index (κ1) is 27.7. The number of ether oxygens (including phenoxy) is 2. The average Bonchev–Trinajstić information content (AvgIpc) is 2.99. The van der Waals surface area contributed by atoms with Gasteiger partial charge in [0.1, 0.15) is 30.0 Å². The third-order valence-corrected chi connectivity index (χ3v) is 11.5. The largest absolute Gasteiger partial charge is 0.433 e. The number of aliphatic hydroxyl groups is 7. The highest BCUT2D eigenvalue weighted by Gasteiger charge is 2.72. The standard InChI is InChI=1S/C27H44O10/c1-23(10-18(30)37-22-21(33)20(32)19(31)15(11-28)36-22)6-3-7-24(2)16(23)4-8-25-12-26(34,9-5-17(24)25)27(35,13-25)14-29/h15-17,19-22,28-29,31-35H,3-14H2,1-2H3/t15-,16?,17+,19-,20+,21-,22?,23+,24-,25?,26?,27+/m1/s1. The normalized spacial score (nSPS) is 55.3. The van der Waals surface area contributed by atoms with E-state index in [2.05, 4.69) is 13.8 Å². The van der Waals surface area contributed by atoms with E-state index in [9.17, 15) is 40.5 Å². The Hall–Kier alpha value is -0.850. The minimum absolute atomic E-state index is 0.100. The number of hydrogen-bond donors (Lipinski definition) is 7. The van der Waals surface area contributed by atoms with Gasteiger partial charge < -0.3 is 45.2 Å². The lowest BCUT2D eigenvalue weighted by Gasteiger charge is -2.64. The van der Waals surface area contributed by atoms with Crippen molar-refractivity contribution in [2.24, 2.45) is 28.1 Å². The van der Waals surface area contributed by atoms with Crippen LogP contribution < -0.4 is 0 Å². The molecule has 7 N–H and O–H groups in total. The zero-order valence-corrected chi connectivity index (χ0v) is 21.9. The van der Waals surface area contributed by atoms with Crippen LogP contribution in [0.1, 0.15) is 78.1 Å². The van der Waals surface area contributed by atoms with E-state index in [1.165, 1.54) is 0 Å². The van der Waals surface area contributed by atoms with Gasteiger partial charge in [-0.15, -0.1) is 0 Å². The van der Waals surface area contributed by atoms with Gasteiger partial charge in [0.2, 0.25) is 6.29 Å². The third-order valence-electron chi connectivity index (χ3n) is 11.5. The van der Waals surface area contributed by atoms with Crippen molar-refractivity contribution in [3.05, 3.63) is 0 Å². The summed E-state index contributed by atoms with van der Waals surface area (Å²) in [6, 6.07) is 0. The van der Waals surface area contributed by atoms with Gasteiger partial charge in [-0.05, 0) is 79.4 Å². The summed E-state index contributed by atoms with van der Waals surface area (Å²) in [6.07, 6.45) is -0.738. The van der Waals surface area contributed by atoms with Crippen LogP contribution in [0.5, 0.6) is 0 Å². The summed E-state index contributed by atoms with van der Waals surface area (Å²) in [4.78, 5) is 13.2. The highest BCUT2D eigenvalue weighted by atomic mass is 16.7. The maximum atomic E-state index is 13.2. The first-order chi connectivity index (χ1) is 17.3. The molecule has 37 heavy (non-hydrogen) atoms. The summed E-state index contributed by atoms with van der Waals surface area (Å²) in [5.74, 6) is -0.0914. The van der Waals surface area contributed by atoms with Crippen LogP contribution in [-0.4, -0.2) is 96.8 Å². The molecule has 4 saturated carbocycles. The van der Waals surface area contributed by atoms with E-state index < -0.39 is 61.1 Å². The van der Waals surface area contributed by atoms with Crippen molar-refractivity contribution >= 4 is 5.97 Å². The number of aliphatic hydroxyl groups excluding tert-OH is 5.